The number of rotatable bonds is 4. The first kappa shape index (κ1) is 13.9. The molecule has 1 N–H and O–H groups in total. The predicted molar refractivity (Wildman–Crippen MR) is 83.0 cm³/mol. The third-order valence-electron chi connectivity index (χ3n) is 3.32. The summed E-state index contributed by atoms with van der Waals surface area (Å²) in [4.78, 5) is 10.5. The minimum Gasteiger partial charge on any atom is -0.307 e. The van der Waals surface area contributed by atoms with Crippen molar-refractivity contribution in [3.8, 4) is 0 Å². The zero-order chi connectivity index (χ0) is 13.9. The van der Waals surface area contributed by atoms with Crippen molar-refractivity contribution in [2.45, 2.75) is 37.1 Å². The molecule has 3 nitrogen and oxygen atoms in total. The Balaban J connectivity index is 1.78. The number of hydrogen-bond donors (Lipinski definition) is 1. The van der Waals surface area contributed by atoms with Crippen LogP contribution in [0, 0.1) is 0 Å². The predicted octanol–water partition coefficient (Wildman–Crippen LogP) is 3.59. The molecule has 0 unspecified atom stereocenters. The van der Waals surface area contributed by atoms with Crippen LogP contribution >= 0.6 is 23.4 Å². The summed E-state index contributed by atoms with van der Waals surface area (Å²) < 4.78 is 0. The summed E-state index contributed by atoms with van der Waals surface area (Å²) in [5, 5.41) is 4.11. The second-order valence-electron chi connectivity index (χ2n) is 4.71. The molecule has 0 saturated heterocycles. The number of aryl methyl sites for hydroxylation is 1. The molecule has 1 aliphatic rings. The lowest BCUT2D eigenvalue weighted by atomic mass is 10.1. The highest BCUT2D eigenvalue weighted by Gasteiger charge is 2.17. The van der Waals surface area contributed by atoms with Gasteiger partial charge in [-0.05, 0) is 24.6 Å². The molecule has 5 heteroatoms. The SMILES string of the molecule is CCc1nc(CSc2cccc(Cl)c2)nc2c1CNC2. The van der Waals surface area contributed by atoms with Gasteiger partial charge in [-0.25, -0.2) is 9.97 Å². The maximum Gasteiger partial charge on any atom is 0.139 e. The van der Waals surface area contributed by atoms with Crippen molar-refractivity contribution in [3.63, 3.8) is 0 Å². The minimum absolute atomic E-state index is 0.767. The Hall–Kier alpha value is -1.10. The zero-order valence-corrected chi connectivity index (χ0v) is 12.9. The van der Waals surface area contributed by atoms with Gasteiger partial charge in [-0.2, -0.15) is 0 Å². The van der Waals surface area contributed by atoms with Gasteiger partial charge < -0.3 is 5.32 Å². The highest BCUT2D eigenvalue weighted by atomic mass is 35.5. The highest BCUT2D eigenvalue weighted by molar-refractivity contribution is 7.98. The zero-order valence-electron chi connectivity index (χ0n) is 11.3. The van der Waals surface area contributed by atoms with E-state index in [0.717, 1.165) is 41.0 Å². The summed E-state index contributed by atoms with van der Waals surface area (Å²) in [6.07, 6.45) is 0.960. The van der Waals surface area contributed by atoms with Crippen LogP contribution in [0.25, 0.3) is 0 Å². The van der Waals surface area contributed by atoms with Crippen molar-refractivity contribution in [1.82, 2.24) is 15.3 Å². The van der Waals surface area contributed by atoms with E-state index in [1.165, 1.54) is 17.0 Å². The Labute approximate surface area is 128 Å². The standard InChI is InChI=1S/C15H16ClN3S/c1-2-13-12-7-17-8-14(12)19-15(18-13)9-20-11-5-3-4-10(16)6-11/h3-6,17H,2,7-9H2,1H3. The van der Waals surface area contributed by atoms with Crippen molar-refractivity contribution in [2.24, 2.45) is 0 Å². The summed E-state index contributed by atoms with van der Waals surface area (Å²) >= 11 is 7.72. The highest BCUT2D eigenvalue weighted by Crippen LogP contribution is 2.25. The normalized spacial score (nSPS) is 13.5. The number of benzene rings is 1. The first-order chi connectivity index (χ1) is 9.76. The van der Waals surface area contributed by atoms with Crippen LogP contribution in [0.3, 0.4) is 0 Å². The van der Waals surface area contributed by atoms with Crippen molar-refractivity contribution >= 4 is 23.4 Å². The van der Waals surface area contributed by atoms with E-state index in [1.54, 1.807) is 11.8 Å². The molecule has 0 radical (unpaired) electrons. The summed E-state index contributed by atoms with van der Waals surface area (Å²) in [7, 11) is 0. The summed E-state index contributed by atoms with van der Waals surface area (Å²) in [5.41, 5.74) is 3.64. The number of thioether (sulfide) groups is 1. The van der Waals surface area contributed by atoms with Crippen LogP contribution in [0.15, 0.2) is 29.2 Å². The topological polar surface area (TPSA) is 37.8 Å². The van der Waals surface area contributed by atoms with E-state index >= 15 is 0 Å². The fraction of sp³-hybridized carbons (Fsp3) is 0.333. The summed E-state index contributed by atoms with van der Waals surface area (Å²) in [6, 6.07) is 7.89. The van der Waals surface area contributed by atoms with Gasteiger partial charge in [0.2, 0.25) is 0 Å². The van der Waals surface area contributed by atoms with E-state index in [2.05, 4.69) is 23.3 Å². The molecule has 0 fully saturated rings. The molecule has 0 aliphatic carbocycles. The molecule has 2 aromatic rings. The molecule has 3 rings (SSSR count). The summed E-state index contributed by atoms with van der Waals surface area (Å²) in [5.74, 6) is 1.69. The molecule has 0 atom stereocenters. The number of fused-ring (bicyclic) bond motifs is 1. The van der Waals surface area contributed by atoms with Gasteiger partial charge in [0.15, 0.2) is 0 Å². The largest absolute Gasteiger partial charge is 0.307 e. The van der Waals surface area contributed by atoms with Crippen LogP contribution in [0.1, 0.15) is 29.7 Å². The Morgan fingerprint density at radius 2 is 2.20 bits per heavy atom. The molecule has 1 aliphatic heterocycles. The fourth-order valence-electron chi connectivity index (χ4n) is 2.36. The number of halogens is 1. The van der Waals surface area contributed by atoms with Gasteiger partial charge in [-0.1, -0.05) is 24.6 Å². The van der Waals surface area contributed by atoms with Gasteiger partial charge in [0, 0.05) is 34.3 Å². The van der Waals surface area contributed by atoms with Gasteiger partial charge in [0.1, 0.15) is 5.82 Å². The Morgan fingerprint density at radius 3 is 3.00 bits per heavy atom. The molecular weight excluding hydrogens is 290 g/mol. The first-order valence-corrected chi connectivity index (χ1v) is 8.09. The van der Waals surface area contributed by atoms with Gasteiger partial charge in [0.05, 0.1) is 11.4 Å². The molecule has 1 aromatic heterocycles. The maximum absolute atomic E-state index is 6.00. The maximum atomic E-state index is 6.00. The summed E-state index contributed by atoms with van der Waals surface area (Å²) in [6.45, 7) is 3.91. The van der Waals surface area contributed by atoms with Crippen molar-refractivity contribution < 1.29 is 0 Å². The van der Waals surface area contributed by atoms with Crippen LogP contribution in [0.2, 0.25) is 5.02 Å². The number of hydrogen-bond acceptors (Lipinski definition) is 4. The number of nitrogens with zero attached hydrogens (tertiary/aromatic N) is 2. The Morgan fingerprint density at radius 1 is 1.30 bits per heavy atom. The molecular formula is C15H16ClN3S. The van der Waals surface area contributed by atoms with Gasteiger partial charge in [-0.15, -0.1) is 11.8 Å². The molecule has 0 saturated carbocycles. The second-order valence-corrected chi connectivity index (χ2v) is 6.20. The van der Waals surface area contributed by atoms with Crippen LogP contribution in [0.4, 0.5) is 0 Å². The van der Waals surface area contributed by atoms with Gasteiger partial charge in [-0.3, -0.25) is 0 Å². The molecule has 0 spiro atoms. The Kier molecular flexibility index (Phi) is 4.24. The van der Waals surface area contributed by atoms with Crippen LogP contribution in [-0.2, 0) is 25.3 Å². The van der Waals surface area contributed by atoms with E-state index < -0.39 is 0 Å². The third kappa shape index (κ3) is 2.97. The lowest BCUT2D eigenvalue weighted by Crippen LogP contribution is -2.04. The molecule has 1 aromatic carbocycles. The number of aromatic nitrogens is 2. The van der Waals surface area contributed by atoms with Crippen LogP contribution in [-0.4, -0.2) is 9.97 Å². The van der Waals surface area contributed by atoms with E-state index in [-0.39, 0.29) is 0 Å². The van der Waals surface area contributed by atoms with E-state index in [4.69, 9.17) is 16.6 Å². The minimum atomic E-state index is 0.767. The lowest BCUT2D eigenvalue weighted by molar-refractivity contribution is 0.755. The fourth-order valence-corrected chi connectivity index (χ4v) is 3.42. The average Bonchev–Trinajstić information content (AvgIpc) is 2.92. The second kappa shape index (κ2) is 6.12. The van der Waals surface area contributed by atoms with Crippen molar-refractivity contribution in [1.29, 1.82) is 0 Å². The van der Waals surface area contributed by atoms with E-state index in [9.17, 15) is 0 Å². The molecule has 104 valence electrons. The average molecular weight is 306 g/mol. The quantitative estimate of drug-likeness (QED) is 0.876. The monoisotopic (exact) mass is 305 g/mol. The molecule has 0 bridgehead atoms. The van der Waals surface area contributed by atoms with Crippen LogP contribution < -0.4 is 5.32 Å². The van der Waals surface area contributed by atoms with E-state index in [1.807, 2.05) is 18.2 Å². The van der Waals surface area contributed by atoms with Gasteiger partial charge >= 0.3 is 0 Å². The van der Waals surface area contributed by atoms with Crippen molar-refractivity contribution in [3.05, 3.63) is 52.1 Å². The molecule has 0 amide bonds. The van der Waals surface area contributed by atoms with E-state index in [0.29, 0.717) is 0 Å². The molecule has 20 heavy (non-hydrogen) atoms. The molecule has 2 heterocycles. The van der Waals surface area contributed by atoms with Crippen molar-refractivity contribution in [2.75, 3.05) is 0 Å². The number of nitrogens with one attached hydrogen (secondary N) is 1. The van der Waals surface area contributed by atoms with Crippen LogP contribution in [0.5, 0.6) is 0 Å². The Bertz CT molecular complexity index is 631. The smallest absolute Gasteiger partial charge is 0.139 e. The van der Waals surface area contributed by atoms with Gasteiger partial charge in [0.25, 0.3) is 0 Å². The third-order valence-corrected chi connectivity index (χ3v) is 4.54. The lowest BCUT2D eigenvalue weighted by Gasteiger charge is -2.08. The first-order valence-electron chi connectivity index (χ1n) is 6.73.